The molecule has 17 heavy (non-hydrogen) atoms. The van der Waals surface area contributed by atoms with E-state index in [-0.39, 0.29) is 0 Å². The molecule has 0 aromatic carbocycles. The van der Waals surface area contributed by atoms with E-state index in [0.29, 0.717) is 6.04 Å². The molecule has 0 aromatic rings. The van der Waals surface area contributed by atoms with Crippen molar-refractivity contribution in [3.8, 4) is 0 Å². The average molecular weight is 255 g/mol. The maximum Gasteiger partial charge on any atom is 0.0161 e. The Balaban J connectivity index is 2.20. The minimum absolute atomic E-state index is 0.692. The first-order valence-corrected chi connectivity index (χ1v) is 8.26. The topological polar surface area (TPSA) is 12.0 Å². The molecule has 1 aliphatic rings. The van der Waals surface area contributed by atoms with Gasteiger partial charge in [0.05, 0.1) is 0 Å². The molecule has 0 heterocycles. The first-order valence-electron chi connectivity index (χ1n) is 7.21. The fourth-order valence-corrected chi connectivity index (χ4v) is 3.78. The molecule has 100 valence electrons. The molecule has 1 aliphatic carbocycles. The van der Waals surface area contributed by atoms with Crippen molar-refractivity contribution in [3.05, 3.63) is 12.2 Å². The van der Waals surface area contributed by atoms with Crippen LogP contribution in [0.5, 0.6) is 0 Å². The maximum absolute atomic E-state index is 4.01. The van der Waals surface area contributed by atoms with Crippen LogP contribution in [-0.2, 0) is 0 Å². The summed E-state index contributed by atoms with van der Waals surface area (Å²) in [6.07, 6.45) is 9.48. The molecule has 0 saturated heterocycles. The molecule has 1 atom stereocenters. The lowest BCUT2D eigenvalue weighted by atomic mass is 10.1. The van der Waals surface area contributed by atoms with Gasteiger partial charge in [-0.05, 0) is 45.6 Å². The summed E-state index contributed by atoms with van der Waals surface area (Å²) < 4.78 is 0. The Labute approximate surface area is 112 Å². The van der Waals surface area contributed by atoms with E-state index < -0.39 is 0 Å². The van der Waals surface area contributed by atoms with Crippen molar-refractivity contribution in [1.29, 1.82) is 0 Å². The molecule has 0 amide bonds. The molecule has 0 aliphatic heterocycles. The third-order valence-electron chi connectivity index (χ3n) is 3.44. The van der Waals surface area contributed by atoms with Crippen molar-refractivity contribution >= 4 is 11.8 Å². The predicted molar refractivity (Wildman–Crippen MR) is 80.8 cm³/mol. The lowest BCUT2D eigenvalue weighted by molar-refractivity contribution is 0.519. The minimum Gasteiger partial charge on any atom is -0.313 e. The Morgan fingerprint density at radius 1 is 1.41 bits per heavy atom. The monoisotopic (exact) mass is 255 g/mol. The van der Waals surface area contributed by atoms with E-state index in [2.05, 4.69) is 37.5 Å². The van der Waals surface area contributed by atoms with Crippen molar-refractivity contribution in [2.45, 2.75) is 70.1 Å². The van der Waals surface area contributed by atoms with E-state index in [1.165, 1.54) is 56.3 Å². The summed E-state index contributed by atoms with van der Waals surface area (Å²) in [5.74, 6) is 1.29. The summed E-state index contributed by atoms with van der Waals surface area (Å²) in [5, 5.41) is 4.64. The van der Waals surface area contributed by atoms with Gasteiger partial charge in [0.1, 0.15) is 0 Å². The van der Waals surface area contributed by atoms with Gasteiger partial charge in [-0.1, -0.05) is 25.3 Å². The molecule has 1 fully saturated rings. The molecule has 0 bridgehead atoms. The highest BCUT2D eigenvalue weighted by Crippen LogP contribution is 2.30. The zero-order valence-electron chi connectivity index (χ0n) is 11.6. The van der Waals surface area contributed by atoms with Gasteiger partial charge in [-0.2, -0.15) is 11.8 Å². The molecule has 0 spiro atoms. The minimum atomic E-state index is 0.692. The van der Waals surface area contributed by atoms with Crippen LogP contribution in [0.1, 0.15) is 58.8 Å². The SMILES string of the molecule is C=C(C)CCC(CSC1CCCC1)NCCC. The quantitative estimate of drug-likeness (QED) is 0.613. The second-order valence-electron chi connectivity index (χ2n) is 5.39. The first-order chi connectivity index (χ1) is 8.22. The summed E-state index contributed by atoms with van der Waals surface area (Å²) in [7, 11) is 0. The highest BCUT2D eigenvalue weighted by Gasteiger charge is 2.17. The number of allylic oxidation sites excluding steroid dienone is 1. The zero-order valence-corrected chi connectivity index (χ0v) is 12.5. The highest BCUT2D eigenvalue weighted by atomic mass is 32.2. The van der Waals surface area contributed by atoms with Crippen molar-refractivity contribution in [3.63, 3.8) is 0 Å². The van der Waals surface area contributed by atoms with E-state index in [1.807, 2.05) is 0 Å². The molecule has 0 radical (unpaired) electrons. The number of hydrogen-bond donors (Lipinski definition) is 1. The van der Waals surface area contributed by atoms with Crippen LogP contribution >= 0.6 is 11.8 Å². The van der Waals surface area contributed by atoms with Crippen molar-refractivity contribution in [1.82, 2.24) is 5.32 Å². The van der Waals surface area contributed by atoms with Crippen molar-refractivity contribution in [2.75, 3.05) is 12.3 Å². The highest BCUT2D eigenvalue weighted by molar-refractivity contribution is 7.99. The summed E-state index contributed by atoms with van der Waals surface area (Å²) in [5.41, 5.74) is 1.32. The smallest absolute Gasteiger partial charge is 0.0161 e. The van der Waals surface area contributed by atoms with E-state index in [0.717, 1.165) is 11.8 Å². The summed E-state index contributed by atoms with van der Waals surface area (Å²) in [4.78, 5) is 0. The molecule has 1 N–H and O–H groups in total. The van der Waals surface area contributed by atoms with Crippen LogP contribution in [0, 0.1) is 0 Å². The zero-order chi connectivity index (χ0) is 12.5. The second kappa shape index (κ2) is 9.04. The average Bonchev–Trinajstić information content (AvgIpc) is 2.80. The van der Waals surface area contributed by atoms with Crippen molar-refractivity contribution in [2.24, 2.45) is 0 Å². The van der Waals surface area contributed by atoms with Crippen LogP contribution in [0.4, 0.5) is 0 Å². The van der Waals surface area contributed by atoms with Crippen LogP contribution in [0.15, 0.2) is 12.2 Å². The fourth-order valence-electron chi connectivity index (χ4n) is 2.32. The molecule has 0 aromatic heterocycles. The largest absolute Gasteiger partial charge is 0.313 e. The predicted octanol–water partition coefficient (Wildman–Crippen LogP) is 4.39. The molecule has 1 saturated carbocycles. The standard InChI is InChI=1S/C15H29NS/c1-4-11-16-14(10-9-13(2)3)12-17-15-7-5-6-8-15/h14-16H,2,4-12H2,1,3H3. The Hall–Kier alpha value is 0.0500. The number of thioether (sulfide) groups is 1. The number of nitrogens with one attached hydrogen (secondary N) is 1. The van der Waals surface area contributed by atoms with Crippen LogP contribution in [0.25, 0.3) is 0 Å². The number of rotatable bonds is 9. The Bertz CT molecular complexity index is 209. The van der Waals surface area contributed by atoms with E-state index >= 15 is 0 Å². The van der Waals surface area contributed by atoms with Gasteiger partial charge in [0.15, 0.2) is 0 Å². The molecule has 2 heteroatoms. The lowest BCUT2D eigenvalue weighted by Gasteiger charge is -2.20. The fraction of sp³-hybridized carbons (Fsp3) is 0.867. The summed E-state index contributed by atoms with van der Waals surface area (Å²) >= 11 is 2.20. The van der Waals surface area contributed by atoms with Crippen molar-refractivity contribution < 1.29 is 0 Å². The number of hydrogen-bond acceptors (Lipinski definition) is 2. The van der Waals surface area contributed by atoms with E-state index in [9.17, 15) is 0 Å². The van der Waals surface area contributed by atoms with Crippen LogP contribution < -0.4 is 5.32 Å². The Morgan fingerprint density at radius 2 is 2.12 bits per heavy atom. The normalized spacial score (nSPS) is 18.5. The molecule has 1 nitrogen and oxygen atoms in total. The summed E-state index contributed by atoms with van der Waals surface area (Å²) in [6.45, 7) is 9.55. The van der Waals surface area contributed by atoms with Gasteiger partial charge in [0, 0.05) is 17.0 Å². The van der Waals surface area contributed by atoms with Gasteiger partial charge in [-0.25, -0.2) is 0 Å². The van der Waals surface area contributed by atoms with Gasteiger partial charge in [0.25, 0.3) is 0 Å². The lowest BCUT2D eigenvalue weighted by Crippen LogP contribution is -2.32. The second-order valence-corrected chi connectivity index (χ2v) is 6.72. The molecule has 1 unspecified atom stereocenters. The first kappa shape index (κ1) is 15.1. The van der Waals surface area contributed by atoms with Gasteiger partial charge in [-0.3, -0.25) is 0 Å². The van der Waals surface area contributed by atoms with Gasteiger partial charge >= 0.3 is 0 Å². The molecular weight excluding hydrogens is 226 g/mol. The van der Waals surface area contributed by atoms with Crippen LogP contribution in [0.2, 0.25) is 0 Å². The van der Waals surface area contributed by atoms with Gasteiger partial charge in [-0.15, -0.1) is 6.58 Å². The Kier molecular flexibility index (Phi) is 8.04. The van der Waals surface area contributed by atoms with E-state index in [1.54, 1.807) is 0 Å². The third kappa shape index (κ3) is 7.15. The maximum atomic E-state index is 4.01. The Morgan fingerprint density at radius 3 is 2.71 bits per heavy atom. The van der Waals surface area contributed by atoms with Gasteiger partial charge < -0.3 is 5.32 Å². The van der Waals surface area contributed by atoms with Crippen LogP contribution in [-0.4, -0.2) is 23.6 Å². The third-order valence-corrected chi connectivity index (χ3v) is 4.98. The van der Waals surface area contributed by atoms with Gasteiger partial charge in [0.2, 0.25) is 0 Å². The molecule has 1 rings (SSSR count). The summed E-state index contributed by atoms with van der Waals surface area (Å²) in [6, 6.07) is 0.692. The van der Waals surface area contributed by atoms with E-state index in [4.69, 9.17) is 0 Å². The van der Waals surface area contributed by atoms with Crippen LogP contribution in [0.3, 0.4) is 0 Å². The molecular formula is C15H29NS.